The maximum absolute atomic E-state index is 3.18. The van der Waals surface area contributed by atoms with Crippen LogP contribution in [0, 0.1) is 6.92 Å². The Morgan fingerprint density at radius 1 is 1.25 bits per heavy atom. The molecule has 0 spiro atoms. The van der Waals surface area contributed by atoms with Crippen LogP contribution in [0.15, 0.2) is 23.6 Å². The van der Waals surface area contributed by atoms with Gasteiger partial charge in [-0.2, -0.15) is 0 Å². The molecule has 0 unspecified atom stereocenters. The lowest BCUT2D eigenvalue weighted by Gasteiger charge is -2.04. The molecule has 0 aliphatic carbocycles. The Morgan fingerprint density at radius 2 is 2.08 bits per heavy atom. The Morgan fingerprint density at radius 3 is 2.83 bits per heavy atom. The van der Waals surface area contributed by atoms with Gasteiger partial charge in [-0.3, -0.25) is 0 Å². The van der Waals surface area contributed by atoms with Crippen LogP contribution in [-0.4, -0.2) is 7.05 Å². The molecule has 2 aromatic rings. The number of hydrogen-bond donors (Lipinski definition) is 1. The van der Waals surface area contributed by atoms with E-state index >= 15 is 0 Å². The van der Waals surface area contributed by atoms with Crippen molar-refractivity contribution in [3.63, 3.8) is 0 Å². The lowest BCUT2D eigenvalue weighted by atomic mass is 10.1. The van der Waals surface area contributed by atoms with E-state index < -0.39 is 0 Å². The largest absolute Gasteiger partial charge is 0.388 e. The third kappa shape index (κ3) is 0.994. The molecule has 0 saturated heterocycles. The second kappa shape index (κ2) is 2.79. The molecule has 2 rings (SSSR count). The van der Waals surface area contributed by atoms with Crippen LogP contribution in [-0.2, 0) is 0 Å². The van der Waals surface area contributed by atoms with Crippen molar-refractivity contribution in [3.05, 3.63) is 29.1 Å². The second-order valence-electron chi connectivity index (χ2n) is 2.83. The van der Waals surface area contributed by atoms with Crippen molar-refractivity contribution in [2.45, 2.75) is 6.92 Å². The van der Waals surface area contributed by atoms with Crippen LogP contribution in [0.1, 0.15) is 5.56 Å². The smallest absolute Gasteiger partial charge is 0.0392 e. The molecular weight excluding hydrogens is 166 g/mol. The van der Waals surface area contributed by atoms with Gasteiger partial charge in [0.1, 0.15) is 0 Å². The van der Waals surface area contributed by atoms with Gasteiger partial charge in [-0.25, -0.2) is 0 Å². The van der Waals surface area contributed by atoms with Crippen molar-refractivity contribution >= 4 is 27.1 Å². The fourth-order valence-corrected chi connectivity index (χ4v) is 2.36. The summed E-state index contributed by atoms with van der Waals surface area (Å²) in [6.07, 6.45) is 0. The van der Waals surface area contributed by atoms with Crippen molar-refractivity contribution in [1.29, 1.82) is 0 Å². The molecule has 0 radical (unpaired) electrons. The quantitative estimate of drug-likeness (QED) is 0.705. The standard InChI is InChI=1S/C10H11NS/c1-7-9(11-2)4-3-8-5-6-12-10(7)8/h3-6,11H,1-2H3. The highest BCUT2D eigenvalue weighted by molar-refractivity contribution is 7.17. The SMILES string of the molecule is CNc1ccc2ccsc2c1C. The van der Waals surface area contributed by atoms with E-state index in [-0.39, 0.29) is 0 Å². The van der Waals surface area contributed by atoms with E-state index in [9.17, 15) is 0 Å². The zero-order chi connectivity index (χ0) is 8.55. The molecule has 1 aromatic carbocycles. The lowest BCUT2D eigenvalue weighted by Crippen LogP contribution is -1.90. The Balaban J connectivity index is 2.78. The number of benzene rings is 1. The molecule has 0 aliphatic heterocycles. The van der Waals surface area contributed by atoms with Gasteiger partial charge in [0, 0.05) is 17.4 Å². The van der Waals surface area contributed by atoms with Gasteiger partial charge in [0.05, 0.1) is 0 Å². The number of hydrogen-bond acceptors (Lipinski definition) is 2. The molecule has 0 fully saturated rings. The van der Waals surface area contributed by atoms with Gasteiger partial charge in [0.15, 0.2) is 0 Å². The number of anilines is 1. The molecule has 0 amide bonds. The molecular formula is C10H11NS. The van der Waals surface area contributed by atoms with Crippen LogP contribution >= 0.6 is 11.3 Å². The Labute approximate surface area is 76.0 Å². The molecule has 1 N–H and O–H groups in total. The van der Waals surface area contributed by atoms with Gasteiger partial charge >= 0.3 is 0 Å². The number of nitrogens with one attached hydrogen (secondary N) is 1. The van der Waals surface area contributed by atoms with Crippen LogP contribution in [0.4, 0.5) is 5.69 Å². The summed E-state index contributed by atoms with van der Waals surface area (Å²) >= 11 is 1.80. The van der Waals surface area contributed by atoms with Gasteiger partial charge in [-0.1, -0.05) is 6.07 Å². The summed E-state index contributed by atoms with van der Waals surface area (Å²) < 4.78 is 1.39. The van der Waals surface area contributed by atoms with E-state index in [0.29, 0.717) is 0 Å². The number of fused-ring (bicyclic) bond motifs is 1. The summed E-state index contributed by atoms with van der Waals surface area (Å²) in [6, 6.07) is 6.45. The van der Waals surface area contributed by atoms with E-state index in [1.807, 2.05) is 7.05 Å². The average molecular weight is 177 g/mol. The maximum Gasteiger partial charge on any atom is 0.0392 e. The highest BCUT2D eigenvalue weighted by atomic mass is 32.1. The van der Waals surface area contributed by atoms with Crippen molar-refractivity contribution in [3.8, 4) is 0 Å². The zero-order valence-electron chi connectivity index (χ0n) is 7.22. The van der Waals surface area contributed by atoms with Gasteiger partial charge in [-0.05, 0) is 35.4 Å². The van der Waals surface area contributed by atoms with Crippen LogP contribution < -0.4 is 5.32 Å². The predicted octanol–water partition coefficient (Wildman–Crippen LogP) is 3.25. The van der Waals surface area contributed by atoms with Crippen molar-refractivity contribution in [1.82, 2.24) is 0 Å². The highest BCUT2D eigenvalue weighted by Gasteiger charge is 2.01. The van der Waals surface area contributed by atoms with Crippen LogP contribution in [0.3, 0.4) is 0 Å². The third-order valence-electron chi connectivity index (χ3n) is 2.14. The first-order chi connectivity index (χ1) is 5.83. The molecule has 1 heterocycles. The molecule has 1 aromatic heterocycles. The van der Waals surface area contributed by atoms with Gasteiger partial charge in [0.2, 0.25) is 0 Å². The molecule has 0 aliphatic rings. The number of aryl methyl sites for hydroxylation is 1. The summed E-state index contributed by atoms with van der Waals surface area (Å²) in [7, 11) is 1.96. The third-order valence-corrected chi connectivity index (χ3v) is 3.19. The fourth-order valence-electron chi connectivity index (χ4n) is 1.45. The Kier molecular flexibility index (Phi) is 1.77. The molecule has 62 valence electrons. The van der Waals surface area contributed by atoms with Crippen molar-refractivity contribution in [2.75, 3.05) is 12.4 Å². The van der Waals surface area contributed by atoms with Crippen LogP contribution in [0.25, 0.3) is 10.1 Å². The second-order valence-corrected chi connectivity index (χ2v) is 3.74. The lowest BCUT2D eigenvalue weighted by molar-refractivity contribution is 1.45. The van der Waals surface area contributed by atoms with Crippen molar-refractivity contribution < 1.29 is 0 Å². The number of thiophene rings is 1. The Hall–Kier alpha value is -1.02. The van der Waals surface area contributed by atoms with E-state index in [1.54, 1.807) is 11.3 Å². The van der Waals surface area contributed by atoms with E-state index in [1.165, 1.54) is 21.3 Å². The minimum atomic E-state index is 1.23. The molecule has 2 heteroatoms. The van der Waals surface area contributed by atoms with Gasteiger partial charge in [-0.15, -0.1) is 11.3 Å². The zero-order valence-corrected chi connectivity index (χ0v) is 8.03. The maximum atomic E-state index is 3.18. The van der Waals surface area contributed by atoms with Crippen molar-refractivity contribution in [2.24, 2.45) is 0 Å². The Bertz CT molecular complexity index is 403. The molecule has 0 atom stereocenters. The summed E-state index contributed by atoms with van der Waals surface area (Å²) in [6.45, 7) is 2.16. The van der Waals surface area contributed by atoms with E-state index in [4.69, 9.17) is 0 Å². The first-order valence-corrected chi connectivity index (χ1v) is 4.85. The van der Waals surface area contributed by atoms with E-state index in [2.05, 4.69) is 35.8 Å². The normalized spacial score (nSPS) is 10.5. The predicted molar refractivity (Wildman–Crippen MR) is 56.1 cm³/mol. The summed E-state index contributed by atoms with van der Waals surface area (Å²) in [5.74, 6) is 0. The first kappa shape index (κ1) is 7.62. The minimum absolute atomic E-state index is 1.23. The molecule has 12 heavy (non-hydrogen) atoms. The minimum Gasteiger partial charge on any atom is -0.388 e. The average Bonchev–Trinajstić information content (AvgIpc) is 2.53. The summed E-state index contributed by atoms with van der Waals surface area (Å²) in [5, 5.41) is 6.66. The molecule has 0 saturated carbocycles. The van der Waals surface area contributed by atoms with Gasteiger partial charge < -0.3 is 5.32 Å². The first-order valence-electron chi connectivity index (χ1n) is 3.97. The topological polar surface area (TPSA) is 12.0 Å². The summed E-state index contributed by atoms with van der Waals surface area (Å²) in [4.78, 5) is 0. The monoisotopic (exact) mass is 177 g/mol. The van der Waals surface area contributed by atoms with Crippen LogP contribution in [0.2, 0.25) is 0 Å². The highest BCUT2D eigenvalue weighted by Crippen LogP contribution is 2.29. The molecule has 0 bridgehead atoms. The van der Waals surface area contributed by atoms with Gasteiger partial charge in [0.25, 0.3) is 0 Å². The van der Waals surface area contributed by atoms with E-state index in [0.717, 1.165) is 0 Å². The van der Waals surface area contributed by atoms with Crippen LogP contribution in [0.5, 0.6) is 0 Å². The fraction of sp³-hybridized carbons (Fsp3) is 0.200. The number of rotatable bonds is 1. The molecule has 1 nitrogen and oxygen atoms in total. The summed E-state index contributed by atoms with van der Waals surface area (Å²) in [5.41, 5.74) is 2.58.